The van der Waals surface area contributed by atoms with E-state index >= 15 is 0 Å². The molecule has 2 unspecified atom stereocenters. The molecule has 2 saturated heterocycles. The zero-order valence-corrected chi connectivity index (χ0v) is 11.3. The second-order valence-corrected chi connectivity index (χ2v) is 5.87. The third-order valence-electron chi connectivity index (χ3n) is 3.93. The van der Waals surface area contributed by atoms with Gasteiger partial charge in [0.2, 0.25) is 0 Å². The number of rotatable bonds is 4. The van der Waals surface area contributed by atoms with Crippen LogP contribution in [0.1, 0.15) is 33.1 Å². The predicted molar refractivity (Wildman–Crippen MR) is 66.2 cm³/mol. The Morgan fingerprint density at radius 1 is 1.41 bits per heavy atom. The molecule has 2 fully saturated rings. The summed E-state index contributed by atoms with van der Waals surface area (Å²) >= 11 is 0. The molecule has 0 bridgehead atoms. The molecule has 0 aromatic carbocycles. The van der Waals surface area contributed by atoms with E-state index in [1.165, 1.54) is 0 Å². The van der Waals surface area contributed by atoms with Crippen LogP contribution in [0.3, 0.4) is 0 Å². The topological polar surface area (TPSA) is 39.7 Å². The SMILES string of the molecule is COC(C)(C)CNC1CCOC2(CCOC2)C1. The van der Waals surface area contributed by atoms with Crippen molar-refractivity contribution in [2.75, 3.05) is 33.5 Å². The quantitative estimate of drug-likeness (QED) is 0.809. The summed E-state index contributed by atoms with van der Waals surface area (Å²) in [7, 11) is 1.76. The standard InChI is InChI=1S/C13H25NO3/c1-12(2,15-3)9-14-11-4-6-17-13(8-11)5-7-16-10-13/h11,14H,4-10H2,1-3H3. The van der Waals surface area contributed by atoms with Crippen LogP contribution < -0.4 is 5.32 Å². The average molecular weight is 243 g/mol. The fraction of sp³-hybridized carbons (Fsp3) is 1.00. The molecule has 2 aliphatic heterocycles. The van der Waals surface area contributed by atoms with E-state index in [0.29, 0.717) is 6.04 Å². The van der Waals surface area contributed by atoms with Crippen molar-refractivity contribution in [2.24, 2.45) is 0 Å². The summed E-state index contributed by atoms with van der Waals surface area (Å²) in [6.45, 7) is 7.54. The van der Waals surface area contributed by atoms with Gasteiger partial charge >= 0.3 is 0 Å². The van der Waals surface area contributed by atoms with E-state index in [-0.39, 0.29) is 11.2 Å². The molecule has 0 saturated carbocycles. The molecule has 2 heterocycles. The lowest BCUT2D eigenvalue weighted by Gasteiger charge is -2.38. The highest BCUT2D eigenvalue weighted by atomic mass is 16.6. The Balaban J connectivity index is 1.81. The van der Waals surface area contributed by atoms with Crippen LogP contribution in [-0.4, -0.2) is 50.7 Å². The molecular weight excluding hydrogens is 218 g/mol. The molecule has 0 radical (unpaired) electrons. The number of hydrogen-bond acceptors (Lipinski definition) is 4. The zero-order valence-electron chi connectivity index (χ0n) is 11.3. The summed E-state index contributed by atoms with van der Waals surface area (Å²) in [5, 5.41) is 3.60. The fourth-order valence-electron chi connectivity index (χ4n) is 2.53. The lowest BCUT2D eigenvalue weighted by atomic mass is 9.89. The van der Waals surface area contributed by atoms with E-state index in [1.54, 1.807) is 7.11 Å². The van der Waals surface area contributed by atoms with Gasteiger partial charge in [0.1, 0.15) is 0 Å². The highest BCUT2D eigenvalue weighted by Crippen LogP contribution is 2.32. The largest absolute Gasteiger partial charge is 0.378 e. The van der Waals surface area contributed by atoms with Crippen LogP contribution >= 0.6 is 0 Å². The maximum atomic E-state index is 5.92. The van der Waals surface area contributed by atoms with Crippen molar-refractivity contribution in [1.82, 2.24) is 5.32 Å². The van der Waals surface area contributed by atoms with Gasteiger partial charge in [-0.1, -0.05) is 0 Å². The molecule has 100 valence electrons. The Hall–Kier alpha value is -0.160. The van der Waals surface area contributed by atoms with Gasteiger partial charge in [0.25, 0.3) is 0 Å². The first kappa shape index (κ1) is 13.3. The maximum Gasteiger partial charge on any atom is 0.0951 e. The number of hydrogen-bond donors (Lipinski definition) is 1. The Morgan fingerprint density at radius 2 is 2.24 bits per heavy atom. The Morgan fingerprint density at radius 3 is 2.88 bits per heavy atom. The van der Waals surface area contributed by atoms with Crippen molar-refractivity contribution in [1.29, 1.82) is 0 Å². The molecule has 1 spiro atoms. The molecule has 0 amide bonds. The van der Waals surface area contributed by atoms with Gasteiger partial charge in [-0.3, -0.25) is 0 Å². The summed E-state index contributed by atoms with van der Waals surface area (Å²) < 4.78 is 16.8. The van der Waals surface area contributed by atoms with E-state index in [0.717, 1.165) is 45.6 Å². The van der Waals surface area contributed by atoms with Gasteiger partial charge in [0.15, 0.2) is 0 Å². The monoisotopic (exact) mass is 243 g/mol. The summed E-state index contributed by atoms with van der Waals surface area (Å²) in [5.41, 5.74) is -0.106. The van der Waals surface area contributed by atoms with E-state index in [1.807, 2.05) is 0 Å². The Kier molecular flexibility index (Phi) is 4.08. The highest BCUT2D eigenvalue weighted by Gasteiger charge is 2.41. The zero-order chi connectivity index (χ0) is 12.4. The molecule has 4 heteroatoms. The third-order valence-corrected chi connectivity index (χ3v) is 3.93. The van der Waals surface area contributed by atoms with Gasteiger partial charge in [0, 0.05) is 39.3 Å². The van der Waals surface area contributed by atoms with E-state index in [4.69, 9.17) is 14.2 Å². The van der Waals surface area contributed by atoms with E-state index < -0.39 is 0 Å². The van der Waals surface area contributed by atoms with Gasteiger partial charge < -0.3 is 19.5 Å². The van der Waals surface area contributed by atoms with Gasteiger partial charge in [-0.05, 0) is 26.7 Å². The van der Waals surface area contributed by atoms with Gasteiger partial charge in [-0.2, -0.15) is 0 Å². The first-order chi connectivity index (χ1) is 8.05. The first-order valence-corrected chi connectivity index (χ1v) is 6.56. The van der Waals surface area contributed by atoms with Crippen LogP contribution in [0.4, 0.5) is 0 Å². The fourth-order valence-corrected chi connectivity index (χ4v) is 2.53. The minimum atomic E-state index is -0.0996. The van der Waals surface area contributed by atoms with E-state index in [9.17, 15) is 0 Å². The molecule has 0 aromatic rings. The molecule has 2 aliphatic rings. The number of nitrogens with one attached hydrogen (secondary N) is 1. The summed E-state index contributed by atoms with van der Waals surface area (Å²) in [5.74, 6) is 0. The molecule has 2 rings (SSSR count). The van der Waals surface area contributed by atoms with Crippen LogP contribution in [0.5, 0.6) is 0 Å². The molecule has 17 heavy (non-hydrogen) atoms. The minimum absolute atomic E-state index is 0.00681. The summed E-state index contributed by atoms with van der Waals surface area (Å²) in [4.78, 5) is 0. The van der Waals surface area contributed by atoms with Crippen LogP contribution in [0.15, 0.2) is 0 Å². The van der Waals surface area contributed by atoms with Crippen LogP contribution in [-0.2, 0) is 14.2 Å². The van der Waals surface area contributed by atoms with Crippen LogP contribution in [0.25, 0.3) is 0 Å². The second-order valence-electron chi connectivity index (χ2n) is 5.87. The van der Waals surface area contributed by atoms with Crippen molar-refractivity contribution in [2.45, 2.75) is 50.4 Å². The molecule has 0 aromatic heterocycles. The van der Waals surface area contributed by atoms with Gasteiger partial charge in [-0.15, -0.1) is 0 Å². The van der Waals surface area contributed by atoms with Crippen LogP contribution in [0, 0.1) is 0 Å². The summed E-state index contributed by atoms with van der Waals surface area (Å²) in [6.07, 6.45) is 3.19. The lowest BCUT2D eigenvalue weighted by Crippen LogP contribution is -2.50. The van der Waals surface area contributed by atoms with Crippen molar-refractivity contribution in [3.63, 3.8) is 0 Å². The van der Waals surface area contributed by atoms with Crippen molar-refractivity contribution >= 4 is 0 Å². The maximum absolute atomic E-state index is 5.92. The van der Waals surface area contributed by atoms with Crippen molar-refractivity contribution < 1.29 is 14.2 Å². The van der Waals surface area contributed by atoms with Gasteiger partial charge in [-0.25, -0.2) is 0 Å². The molecular formula is C13H25NO3. The predicted octanol–water partition coefficient (Wildman–Crippen LogP) is 1.34. The molecule has 4 nitrogen and oxygen atoms in total. The number of methoxy groups -OCH3 is 1. The molecule has 2 atom stereocenters. The second kappa shape index (κ2) is 5.22. The molecule has 0 aliphatic carbocycles. The smallest absolute Gasteiger partial charge is 0.0951 e. The minimum Gasteiger partial charge on any atom is -0.378 e. The van der Waals surface area contributed by atoms with Crippen molar-refractivity contribution in [3.8, 4) is 0 Å². The lowest BCUT2D eigenvalue weighted by molar-refractivity contribution is -0.0915. The van der Waals surface area contributed by atoms with Crippen LogP contribution in [0.2, 0.25) is 0 Å². The number of ether oxygens (including phenoxy) is 3. The third kappa shape index (κ3) is 3.41. The average Bonchev–Trinajstić information content (AvgIpc) is 2.75. The first-order valence-electron chi connectivity index (χ1n) is 6.56. The van der Waals surface area contributed by atoms with E-state index in [2.05, 4.69) is 19.2 Å². The summed E-state index contributed by atoms with van der Waals surface area (Å²) in [6, 6.07) is 0.528. The molecule has 1 N–H and O–H groups in total. The highest BCUT2D eigenvalue weighted by molar-refractivity contribution is 4.93. The van der Waals surface area contributed by atoms with Crippen molar-refractivity contribution in [3.05, 3.63) is 0 Å². The normalized spacial score (nSPS) is 34.4. The van der Waals surface area contributed by atoms with Gasteiger partial charge in [0.05, 0.1) is 17.8 Å². The Bertz CT molecular complexity index is 249. The Labute approximate surface area is 104 Å².